The van der Waals surface area contributed by atoms with E-state index in [1.54, 1.807) is 22.4 Å². The average Bonchev–Trinajstić information content (AvgIpc) is 3.83. The maximum absolute atomic E-state index is 12.0. The second kappa shape index (κ2) is 14.3. The van der Waals surface area contributed by atoms with Gasteiger partial charge in [-0.1, -0.05) is 54.6 Å². The Kier molecular flexibility index (Phi) is 9.61. The Labute approximate surface area is 261 Å². The van der Waals surface area contributed by atoms with Gasteiger partial charge in [-0.25, -0.2) is 14.8 Å². The summed E-state index contributed by atoms with van der Waals surface area (Å²) < 4.78 is 8.39. The second-order valence-corrected chi connectivity index (χ2v) is 11.5. The Morgan fingerprint density at radius 3 is 2.66 bits per heavy atom. The van der Waals surface area contributed by atoms with Crippen LogP contribution in [0.15, 0.2) is 90.6 Å². The van der Waals surface area contributed by atoms with E-state index in [1.165, 1.54) is 16.7 Å². The molecule has 2 aromatic heterocycles. The fourth-order valence-electron chi connectivity index (χ4n) is 5.26. The largest absolute Gasteiger partial charge is 0.491 e. The highest BCUT2D eigenvalue weighted by molar-refractivity contribution is 7.13. The highest BCUT2D eigenvalue weighted by Crippen LogP contribution is 2.35. The van der Waals surface area contributed by atoms with Crippen LogP contribution < -0.4 is 21.1 Å². The van der Waals surface area contributed by atoms with Crippen molar-refractivity contribution in [3.05, 3.63) is 108 Å². The van der Waals surface area contributed by atoms with Gasteiger partial charge >= 0.3 is 6.03 Å². The Morgan fingerprint density at radius 1 is 1.02 bits per heavy atom. The normalized spacial score (nSPS) is 12.9. The predicted molar refractivity (Wildman–Crippen MR) is 175 cm³/mol. The highest BCUT2D eigenvalue weighted by atomic mass is 32.1. The van der Waals surface area contributed by atoms with E-state index in [0.29, 0.717) is 39.3 Å². The van der Waals surface area contributed by atoms with E-state index in [1.807, 2.05) is 22.9 Å². The number of carbonyl (C=O) groups excluding carboxylic acids is 1. The number of ether oxygens (including phenoxy) is 1. The smallest absolute Gasteiger partial charge is 0.317 e. The molecule has 0 aliphatic carbocycles. The van der Waals surface area contributed by atoms with E-state index in [2.05, 4.69) is 81.7 Å². The summed E-state index contributed by atoms with van der Waals surface area (Å²) in [5.74, 6) is 1.62. The first-order chi connectivity index (χ1) is 21.7. The standard InChI is InChI=1S/C34H37N7O2S/c35-14-15-36-23-32-37-17-19-41(32)29-12-13-30(31(22-29)43-21-20-40-18-16-38-34(40)42)33-39-28(24-44-33)11-8-25-6-9-27(10-7-25)26-4-2-1-3-5-26/h1-7,9-10,12-13,17,19,22,24,36H,8,11,14-16,18,20-21,23,35H2,(H,38,42). The Bertz CT molecular complexity index is 1670. The molecule has 3 heterocycles. The summed E-state index contributed by atoms with van der Waals surface area (Å²) in [5.41, 5.74) is 12.3. The third kappa shape index (κ3) is 7.16. The molecule has 10 heteroatoms. The average molecular weight is 608 g/mol. The third-order valence-electron chi connectivity index (χ3n) is 7.64. The lowest BCUT2D eigenvalue weighted by Crippen LogP contribution is -2.31. The molecule has 3 aromatic carbocycles. The molecule has 0 saturated carbocycles. The molecule has 4 N–H and O–H groups in total. The van der Waals surface area contributed by atoms with Crippen molar-refractivity contribution in [3.8, 4) is 33.1 Å². The Morgan fingerprint density at radius 2 is 1.86 bits per heavy atom. The molecule has 0 spiro atoms. The van der Waals surface area contributed by atoms with Gasteiger partial charge in [0.15, 0.2) is 0 Å². The summed E-state index contributed by atoms with van der Waals surface area (Å²) in [7, 11) is 0. The van der Waals surface area contributed by atoms with Crippen LogP contribution in [0, 0.1) is 0 Å². The number of imidazole rings is 1. The number of amides is 2. The number of hydrogen-bond acceptors (Lipinski definition) is 7. The summed E-state index contributed by atoms with van der Waals surface area (Å²) in [6, 6.07) is 25.3. The molecule has 44 heavy (non-hydrogen) atoms. The molecule has 226 valence electrons. The highest BCUT2D eigenvalue weighted by Gasteiger charge is 2.20. The second-order valence-electron chi connectivity index (χ2n) is 10.6. The molecule has 1 fully saturated rings. The predicted octanol–water partition coefficient (Wildman–Crippen LogP) is 4.90. The Balaban J connectivity index is 1.18. The van der Waals surface area contributed by atoms with Gasteiger partial charge in [0, 0.05) is 50.0 Å². The zero-order chi connectivity index (χ0) is 30.1. The fourth-order valence-corrected chi connectivity index (χ4v) is 6.15. The topological polar surface area (TPSA) is 110 Å². The number of benzene rings is 3. The monoisotopic (exact) mass is 607 g/mol. The van der Waals surface area contributed by atoms with Crippen LogP contribution in [-0.2, 0) is 19.4 Å². The van der Waals surface area contributed by atoms with Gasteiger partial charge in [-0.05, 0) is 41.7 Å². The first-order valence-corrected chi connectivity index (χ1v) is 15.9. The van der Waals surface area contributed by atoms with E-state index in [0.717, 1.165) is 52.9 Å². The van der Waals surface area contributed by atoms with Crippen molar-refractivity contribution < 1.29 is 9.53 Å². The number of hydrogen-bond donors (Lipinski definition) is 3. The van der Waals surface area contributed by atoms with Gasteiger partial charge in [0.2, 0.25) is 0 Å². The Hall–Kier alpha value is -4.51. The molecule has 1 aliphatic heterocycles. The molecule has 2 amide bonds. The number of nitrogens with zero attached hydrogens (tertiary/aromatic N) is 4. The van der Waals surface area contributed by atoms with E-state index in [4.69, 9.17) is 15.5 Å². The number of urea groups is 1. The van der Waals surface area contributed by atoms with Crippen LogP contribution in [0.1, 0.15) is 17.1 Å². The number of carbonyl (C=O) groups is 1. The van der Waals surface area contributed by atoms with Gasteiger partial charge in [0.25, 0.3) is 0 Å². The zero-order valence-corrected chi connectivity index (χ0v) is 25.4. The van der Waals surface area contributed by atoms with Crippen LogP contribution in [0.5, 0.6) is 5.75 Å². The minimum Gasteiger partial charge on any atom is -0.491 e. The van der Waals surface area contributed by atoms with Crippen molar-refractivity contribution in [3.63, 3.8) is 0 Å². The molecule has 1 aliphatic rings. The van der Waals surface area contributed by atoms with Gasteiger partial charge < -0.3 is 30.6 Å². The number of thiazole rings is 1. The lowest BCUT2D eigenvalue weighted by atomic mass is 10.0. The van der Waals surface area contributed by atoms with Crippen LogP contribution in [0.25, 0.3) is 27.4 Å². The zero-order valence-electron chi connectivity index (χ0n) is 24.6. The number of nitrogens with one attached hydrogen (secondary N) is 2. The summed E-state index contributed by atoms with van der Waals surface area (Å²) in [6.45, 7) is 4.15. The maximum Gasteiger partial charge on any atom is 0.317 e. The summed E-state index contributed by atoms with van der Waals surface area (Å²) >= 11 is 1.62. The van der Waals surface area contributed by atoms with Crippen molar-refractivity contribution in [2.75, 3.05) is 39.3 Å². The summed E-state index contributed by atoms with van der Waals surface area (Å²) in [5, 5.41) is 9.21. The third-order valence-corrected chi connectivity index (χ3v) is 8.57. The molecular formula is C34H37N7O2S. The molecule has 0 atom stereocenters. The first kappa shape index (κ1) is 29.6. The molecule has 0 unspecified atom stereocenters. The van der Waals surface area contributed by atoms with E-state index >= 15 is 0 Å². The van der Waals surface area contributed by atoms with E-state index in [-0.39, 0.29) is 6.03 Å². The van der Waals surface area contributed by atoms with Crippen LogP contribution in [0.4, 0.5) is 4.79 Å². The van der Waals surface area contributed by atoms with Crippen molar-refractivity contribution in [2.45, 2.75) is 19.4 Å². The number of rotatable bonds is 14. The lowest BCUT2D eigenvalue weighted by molar-refractivity contribution is 0.203. The van der Waals surface area contributed by atoms with Crippen LogP contribution >= 0.6 is 11.3 Å². The lowest BCUT2D eigenvalue weighted by Gasteiger charge is -2.17. The van der Waals surface area contributed by atoms with Crippen LogP contribution in [-0.4, -0.2) is 64.8 Å². The molecule has 0 radical (unpaired) electrons. The van der Waals surface area contributed by atoms with Crippen LogP contribution in [0.3, 0.4) is 0 Å². The number of aromatic nitrogens is 3. The molecule has 9 nitrogen and oxygen atoms in total. The minimum absolute atomic E-state index is 0.0464. The molecular weight excluding hydrogens is 570 g/mol. The number of nitrogens with two attached hydrogens (primary N) is 1. The van der Waals surface area contributed by atoms with Crippen molar-refractivity contribution >= 4 is 17.4 Å². The number of aryl methyl sites for hydroxylation is 2. The van der Waals surface area contributed by atoms with E-state index in [9.17, 15) is 4.79 Å². The van der Waals surface area contributed by atoms with Crippen molar-refractivity contribution in [1.29, 1.82) is 0 Å². The van der Waals surface area contributed by atoms with Gasteiger partial charge in [-0.15, -0.1) is 11.3 Å². The molecule has 0 bridgehead atoms. The maximum atomic E-state index is 12.0. The molecule has 5 aromatic rings. The molecule has 6 rings (SSSR count). The quantitative estimate of drug-likeness (QED) is 0.155. The summed E-state index contributed by atoms with van der Waals surface area (Å²) in [6.07, 6.45) is 5.51. The summed E-state index contributed by atoms with van der Waals surface area (Å²) in [4.78, 5) is 23.3. The first-order valence-electron chi connectivity index (χ1n) is 15.0. The fraction of sp³-hybridized carbons (Fsp3) is 0.265. The van der Waals surface area contributed by atoms with Crippen molar-refractivity contribution in [2.24, 2.45) is 5.73 Å². The van der Waals surface area contributed by atoms with Gasteiger partial charge in [-0.3, -0.25) is 0 Å². The van der Waals surface area contributed by atoms with E-state index < -0.39 is 0 Å². The van der Waals surface area contributed by atoms with Gasteiger partial charge in [0.1, 0.15) is 23.2 Å². The SMILES string of the molecule is NCCNCc1nccn1-c1ccc(-c2nc(CCc3ccc(-c4ccccc4)cc3)cs2)c(OCCN2CCNC2=O)c1. The van der Waals surface area contributed by atoms with Gasteiger partial charge in [-0.2, -0.15) is 0 Å². The van der Waals surface area contributed by atoms with Gasteiger partial charge in [0.05, 0.1) is 30.0 Å². The minimum atomic E-state index is -0.0464. The van der Waals surface area contributed by atoms with Crippen molar-refractivity contribution in [1.82, 2.24) is 30.1 Å². The molecule has 1 saturated heterocycles. The van der Waals surface area contributed by atoms with Crippen LogP contribution in [0.2, 0.25) is 0 Å².